The maximum atomic E-state index is 12.2. The fraction of sp³-hybridized carbons (Fsp3) is 0.0588. The third-order valence-electron chi connectivity index (χ3n) is 3.81. The highest BCUT2D eigenvalue weighted by Crippen LogP contribution is 2.22. The van der Waals surface area contributed by atoms with Crippen molar-refractivity contribution in [2.45, 2.75) is 11.9 Å². The zero-order valence-corrected chi connectivity index (χ0v) is 14.2. The number of fused-ring (bicyclic) bond motifs is 1. The van der Waals surface area contributed by atoms with Gasteiger partial charge in [-0.15, -0.1) is 0 Å². The van der Waals surface area contributed by atoms with Crippen LogP contribution in [-0.4, -0.2) is 27.8 Å². The van der Waals surface area contributed by atoms with Gasteiger partial charge in [-0.25, -0.2) is 9.97 Å². The molecule has 25 heavy (non-hydrogen) atoms. The van der Waals surface area contributed by atoms with E-state index >= 15 is 0 Å². The molecule has 0 saturated carbocycles. The summed E-state index contributed by atoms with van der Waals surface area (Å²) in [4.78, 5) is 10.9. The maximum Gasteiger partial charge on any atom is 0.278 e. The van der Waals surface area contributed by atoms with Crippen molar-refractivity contribution >= 4 is 21.4 Å². The van der Waals surface area contributed by atoms with E-state index in [-0.39, 0.29) is 5.03 Å². The number of hydrogen-bond donors (Lipinski definition) is 2. The molecule has 1 aromatic carbocycles. The van der Waals surface area contributed by atoms with Crippen LogP contribution in [0.2, 0.25) is 0 Å². The lowest BCUT2D eigenvalue weighted by atomic mass is 10.1. The summed E-state index contributed by atoms with van der Waals surface area (Å²) in [5.74, 6) is 0. The number of hydrogen-bond acceptors (Lipinski definition) is 4. The molecule has 0 amide bonds. The Hall–Kier alpha value is -3.13. The van der Waals surface area contributed by atoms with E-state index in [1.807, 2.05) is 48.0 Å². The Labute approximate surface area is 144 Å². The van der Waals surface area contributed by atoms with Gasteiger partial charge in [-0.1, -0.05) is 12.1 Å². The fourth-order valence-electron chi connectivity index (χ4n) is 2.53. The van der Waals surface area contributed by atoms with Crippen LogP contribution < -0.4 is 4.72 Å². The monoisotopic (exact) mass is 353 g/mol. The van der Waals surface area contributed by atoms with Crippen molar-refractivity contribution in [2.75, 3.05) is 4.72 Å². The molecule has 4 aromatic rings. The first-order valence-electron chi connectivity index (χ1n) is 7.58. The lowest BCUT2D eigenvalue weighted by molar-refractivity contribution is 0.598. The van der Waals surface area contributed by atoms with Gasteiger partial charge >= 0.3 is 0 Å². The Morgan fingerprint density at radius 1 is 1.16 bits per heavy atom. The Morgan fingerprint density at radius 2 is 1.96 bits per heavy atom. The molecule has 7 nitrogen and oxygen atoms in total. The van der Waals surface area contributed by atoms with Gasteiger partial charge in [0, 0.05) is 23.6 Å². The normalized spacial score (nSPS) is 11.7. The van der Waals surface area contributed by atoms with Gasteiger partial charge in [0.1, 0.15) is 5.65 Å². The molecule has 8 heteroatoms. The molecule has 4 rings (SSSR count). The number of nitrogens with zero attached hydrogens (tertiary/aromatic N) is 3. The second kappa shape index (κ2) is 5.75. The molecule has 0 unspecified atom stereocenters. The number of H-pyrrole nitrogens is 1. The van der Waals surface area contributed by atoms with E-state index in [4.69, 9.17) is 0 Å². The van der Waals surface area contributed by atoms with E-state index in [9.17, 15) is 8.42 Å². The van der Waals surface area contributed by atoms with Crippen LogP contribution >= 0.6 is 0 Å². The van der Waals surface area contributed by atoms with Crippen LogP contribution in [0.3, 0.4) is 0 Å². The Balaban J connectivity index is 1.61. The predicted octanol–water partition coefficient (Wildman–Crippen LogP) is 2.83. The van der Waals surface area contributed by atoms with Crippen LogP contribution in [0.25, 0.3) is 16.9 Å². The number of imidazole rings is 2. The molecule has 3 heterocycles. The summed E-state index contributed by atoms with van der Waals surface area (Å²) in [6, 6.07) is 11.1. The molecule has 2 N–H and O–H groups in total. The molecule has 0 fully saturated rings. The number of anilines is 1. The highest BCUT2D eigenvalue weighted by molar-refractivity contribution is 7.92. The number of nitrogens with one attached hydrogen (secondary N) is 2. The SMILES string of the molecule is Cc1ccn2cc(-c3ccc(NS(=O)(=O)c4cnc[nH]4)cc3)nc2c1. The third-order valence-corrected chi connectivity index (χ3v) is 5.12. The number of aryl methyl sites for hydroxylation is 1. The minimum atomic E-state index is -3.66. The average molecular weight is 353 g/mol. The molecule has 0 spiro atoms. The van der Waals surface area contributed by atoms with Crippen molar-refractivity contribution in [2.24, 2.45) is 0 Å². The van der Waals surface area contributed by atoms with Crippen LogP contribution in [0.1, 0.15) is 5.56 Å². The van der Waals surface area contributed by atoms with E-state index in [0.717, 1.165) is 22.5 Å². The largest absolute Gasteiger partial charge is 0.334 e. The lowest BCUT2D eigenvalue weighted by Gasteiger charge is -2.06. The first-order valence-corrected chi connectivity index (χ1v) is 9.07. The Morgan fingerprint density at radius 3 is 2.68 bits per heavy atom. The van der Waals surface area contributed by atoms with Crippen LogP contribution in [0.4, 0.5) is 5.69 Å². The van der Waals surface area contributed by atoms with Crippen molar-refractivity contribution in [3.05, 3.63) is 66.9 Å². The van der Waals surface area contributed by atoms with E-state index in [1.165, 1.54) is 12.5 Å². The van der Waals surface area contributed by atoms with Gasteiger partial charge in [0.2, 0.25) is 0 Å². The van der Waals surface area contributed by atoms with Gasteiger partial charge in [0.25, 0.3) is 10.0 Å². The molecule has 3 aromatic heterocycles. The van der Waals surface area contributed by atoms with E-state index in [0.29, 0.717) is 5.69 Å². The quantitative estimate of drug-likeness (QED) is 0.590. The standard InChI is InChI=1S/C17H15N5O2S/c1-12-6-7-22-10-15(20-16(22)8-12)13-2-4-14(5-3-13)21-25(23,24)17-9-18-11-19-17/h2-11,21H,1H3,(H,18,19). The first kappa shape index (κ1) is 15.4. The van der Waals surface area contributed by atoms with E-state index in [2.05, 4.69) is 19.7 Å². The van der Waals surface area contributed by atoms with Gasteiger partial charge < -0.3 is 9.38 Å². The van der Waals surface area contributed by atoms with Crippen LogP contribution in [0.5, 0.6) is 0 Å². The molecule has 0 saturated heterocycles. The molecule has 0 radical (unpaired) electrons. The van der Waals surface area contributed by atoms with Gasteiger partial charge in [-0.3, -0.25) is 4.72 Å². The van der Waals surface area contributed by atoms with Gasteiger partial charge in [-0.05, 0) is 36.8 Å². The Kier molecular flexibility index (Phi) is 3.54. The van der Waals surface area contributed by atoms with Gasteiger partial charge in [-0.2, -0.15) is 8.42 Å². The molecular weight excluding hydrogens is 338 g/mol. The van der Waals surface area contributed by atoms with Crippen molar-refractivity contribution in [1.82, 2.24) is 19.4 Å². The summed E-state index contributed by atoms with van der Waals surface area (Å²) in [6.07, 6.45) is 6.49. The van der Waals surface area contributed by atoms with Crippen LogP contribution in [0.15, 0.2) is 66.3 Å². The molecule has 0 aliphatic carbocycles. The summed E-state index contributed by atoms with van der Waals surface area (Å²) < 4.78 is 28.8. The number of rotatable bonds is 4. The van der Waals surface area contributed by atoms with Crippen molar-refractivity contribution in [3.63, 3.8) is 0 Å². The summed E-state index contributed by atoms with van der Waals surface area (Å²) in [7, 11) is -3.66. The second-order valence-electron chi connectivity index (χ2n) is 5.69. The van der Waals surface area contributed by atoms with Crippen molar-refractivity contribution in [1.29, 1.82) is 0 Å². The Bertz CT molecular complexity index is 1130. The molecule has 0 aliphatic rings. The first-order chi connectivity index (χ1) is 12.0. The summed E-state index contributed by atoms with van der Waals surface area (Å²) >= 11 is 0. The zero-order chi connectivity index (χ0) is 17.4. The predicted molar refractivity (Wildman–Crippen MR) is 94.8 cm³/mol. The minimum Gasteiger partial charge on any atom is -0.334 e. The summed E-state index contributed by atoms with van der Waals surface area (Å²) in [6.45, 7) is 2.02. The smallest absolute Gasteiger partial charge is 0.278 e. The van der Waals surface area contributed by atoms with Crippen LogP contribution in [0, 0.1) is 6.92 Å². The third kappa shape index (κ3) is 2.99. The number of aromatic nitrogens is 4. The highest BCUT2D eigenvalue weighted by Gasteiger charge is 2.15. The topological polar surface area (TPSA) is 92.1 Å². The summed E-state index contributed by atoms with van der Waals surface area (Å²) in [5, 5.41) is 0.0206. The van der Waals surface area contributed by atoms with E-state index < -0.39 is 10.0 Å². The molecule has 0 atom stereocenters. The number of benzene rings is 1. The van der Waals surface area contributed by atoms with Crippen molar-refractivity contribution in [3.8, 4) is 11.3 Å². The zero-order valence-electron chi connectivity index (χ0n) is 13.3. The van der Waals surface area contributed by atoms with Crippen LogP contribution in [-0.2, 0) is 10.0 Å². The number of pyridine rings is 1. The summed E-state index contributed by atoms with van der Waals surface area (Å²) in [5.41, 5.74) is 4.23. The highest BCUT2D eigenvalue weighted by atomic mass is 32.2. The lowest BCUT2D eigenvalue weighted by Crippen LogP contribution is -2.13. The van der Waals surface area contributed by atoms with Crippen molar-refractivity contribution < 1.29 is 8.42 Å². The fourth-order valence-corrected chi connectivity index (χ4v) is 3.50. The maximum absolute atomic E-state index is 12.2. The minimum absolute atomic E-state index is 0.0206. The molecule has 0 aliphatic heterocycles. The number of sulfonamides is 1. The number of aromatic amines is 1. The van der Waals surface area contributed by atoms with Gasteiger partial charge in [0.15, 0.2) is 5.03 Å². The molecule has 0 bridgehead atoms. The van der Waals surface area contributed by atoms with E-state index in [1.54, 1.807) is 12.1 Å². The molecule has 126 valence electrons. The second-order valence-corrected chi connectivity index (χ2v) is 7.35. The average Bonchev–Trinajstić information content (AvgIpc) is 3.24. The van der Waals surface area contributed by atoms with Gasteiger partial charge in [0.05, 0.1) is 18.2 Å². The molecular formula is C17H15N5O2S.